The molecule has 0 aliphatic carbocycles. The van der Waals surface area contributed by atoms with Gasteiger partial charge < -0.3 is 14.5 Å². The van der Waals surface area contributed by atoms with E-state index in [1.807, 2.05) is 24.8 Å². The Labute approximate surface area is 155 Å². The normalized spacial score (nSPS) is 22.9. The van der Waals surface area contributed by atoms with Crippen LogP contribution in [-0.2, 0) is 9.53 Å². The van der Waals surface area contributed by atoms with Gasteiger partial charge in [0.2, 0.25) is 5.91 Å². The molecule has 6 heteroatoms. The number of nitriles is 1. The number of carbonyl (C=O) groups is 1. The molecular weight excluding hydrogens is 328 g/mol. The van der Waals surface area contributed by atoms with E-state index in [0.717, 1.165) is 62.4 Å². The third-order valence-electron chi connectivity index (χ3n) is 5.69. The molecule has 1 amide bonds. The SMILES string of the molecule is COCCCN1CCC[C@@]2(CCN(c3nc(C)cc(C)c3C#N)C2)C1=O. The second kappa shape index (κ2) is 7.63. The minimum Gasteiger partial charge on any atom is -0.385 e. The molecule has 0 N–H and O–H groups in total. The monoisotopic (exact) mass is 356 g/mol. The summed E-state index contributed by atoms with van der Waals surface area (Å²) in [5.41, 5.74) is 2.17. The number of carbonyl (C=O) groups excluding carboxylic acids is 1. The molecule has 0 aromatic carbocycles. The summed E-state index contributed by atoms with van der Waals surface area (Å²) in [6, 6.07) is 4.24. The molecule has 3 rings (SSSR count). The Morgan fingerprint density at radius 1 is 1.35 bits per heavy atom. The first-order valence-electron chi connectivity index (χ1n) is 9.42. The average Bonchev–Trinajstić information content (AvgIpc) is 3.03. The molecule has 0 unspecified atom stereocenters. The number of anilines is 1. The number of piperidine rings is 1. The van der Waals surface area contributed by atoms with Gasteiger partial charge in [-0.25, -0.2) is 4.98 Å². The number of aryl methyl sites for hydroxylation is 2. The van der Waals surface area contributed by atoms with Crippen molar-refractivity contribution in [3.05, 3.63) is 22.9 Å². The molecule has 1 atom stereocenters. The molecule has 0 saturated carbocycles. The predicted octanol–water partition coefficient (Wildman–Crippen LogP) is 2.43. The molecule has 140 valence electrons. The van der Waals surface area contributed by atoms with Gasteiger partial charge in [-0.1, -0.05) is 0 Å². The van der Waals surface area contributed by atoms with E-state index in [2.05, 4.69) is 16.0 Å². The van der Waals surface area contributed by atoms with Crippen molar-refractivity contribution < 1.29 is 9.53 Å². The number of methoxy groups -OCH3 is 1. The topological polar surface area (TPSA) is 69.5 Å². The third-order valence-corrected chi connectivity index (χ3v) is 5.69. The van der Waals surface area contributed by atoms with Crippen molar-refractivity contribution in [2.24, 2.45) is 5.41 Å². The van der Waals surface area contributed by atoms with Crippen molar-refractivity contribution in [3.63, 3.8) is 0 Å². The van der Waals surface area contributed by atoms with Crippen LogP contribution >= 0.6 is 0 Å². The fraction of sp³-hybridized carbons (Fsp3) is 0.650. The highest BCUT2D eigenvalue weighted by atomic mass is 16.5. The van der Waals surface area contributed by atoms with Crippen LogP contribution in [0.5, 0.6) is 0 Å². The van der Waals surface area contributed by atoms with E-state index in [0.29, 0.717) is 18.7 Å². The molecule has 0 bridgehead atoms. The van der Waals surface area contributed by atoms with Crippen molar-refractivity contribution >= 4 is 11.7 Å². The molecule has 2 saturated heterocycles. The molecule has 1 spiro atoms. The van der Waals surface area contributed by atoms with E-state index in [-0.39, 0.29) is 11.3 Å². The summed E-state index contributed by atoms with van der Waals surface area (Å²) >= 11 is 0. The molecule has 3 heterocycles. The first-order chi connectivity index (χ1) is 12.5. The lowest BCUT2D eigenvalue weighted by atomic mass is 9.78. The Kier molecular flexibility index (Phi) is 5.47. The standard InChI is InChI=1S/C20H28N4O2/c1-15-12-16(2)22-18(17(15)13-21)24-10-7-20(14-24)6-4-8-23(19(20)25)9-5-11-26-3/h12H,4-11,14H2,1-3H3/t20-/m0/s1. The van der Waals surface area contributed by atoms with Crippen LogP contribution in [-0.4, -0.2) is 55.7 Å². The number of likely N-dealkylation sites (tertiary alicyclic amines) is 1. The van der Waals surface area contributed by atoms with Crippen LogP contribution in [0.15, 0.2) is 6.07 Å². The highest BCUT2D eigenvalue weighted by Gasteiger charge is 2.48. The summed E-state index contributed by atoms with van der Waals surface area (Å²) < 4.78 is 5.12. The van der Waals surface area contributed by atoms with Gasteiger partial charge in [-0.2, -0.15) is 5.26 Å². The maximum Gasteiger partial charge on any atom is 0.230 e. The average molecular weight is 356 g/mol. The van der Waals surface area contributed by atoms with Gasteiger partial charge in [-0.15, -0.1) is 0 Å². The van der Waals surface area contributed by atoms with Crippen LogP contribution in [0.4, 0.5) is 5.82 Å². The molecule has 2 fully saturated rings. The molecule has 1 aromatic rings. The largest absolute Gasteiger partial charge is 0.385 e. The zero-order valence-electron chi connectivity index (χ0n) is 16.0. The molecule has 0 radical (unpaired) electrons. The summed E-state index contributed by atoms with van der Waals surface area (Å²) in [4.78, 5) is 22.0. The first kappa shape index (κ1) is 18.7. The molecule has 2 aliphatic heterocycles. The van der Waals surface area contributed by atoms with E-state index in [4.69, 9.17) is 4.74 Å². The summed E-state index contributed by atoms with van der Waals surface area (Å²) in [6.07, 6.45) is 3.68. The smallest absolute Gasteiger partial charge is 0.230 e. The summed E-state index contributed by atoms with van der Waals surface area (Å²) in [6.45, 7) is 7.63. The maximum atomic E-state index is 13.2. The lowest BCUT2D eigenvalue weighted by Crippen LogP contribution is -2.50. The zero-order valence-corrected chi connectivity index (χ0v) is 16.0. The molecule has 26 heavy (non-hydrogen) atoms. The van der Waals surface area contributed by atoms with Crippen molar-refractivity contribution in [3.8, 4) is 6.07 Å². The second-order valence-corrected chi connectivity index (χ2v) is 7.58. The van der Waals surface area contributed by atoms with Gasteiger partial charge >= 0.3 is 0 Å². The number of hydrogen-bond donors (Lipinski definition) is 0. The van der Waals surface area contributed by atoms with E-state index in [1.165, 1.54) is 0 Å². The Morgan fingerprint density at radius 3 is 2.88 bits per heavy atom. The number of hydrogen-bond acceptors (Lipinski definition) is 5. The van der Waals surface area contributed by atoms with E-state index < -0.39 is 0 Å². The van der Waals surface area contributed by atoms with Gasteiger partial charge in [-0.3, -0.25) is 4.79 Å². The Morgan fingerprint density at radius 2 is 2.15 bits per heavy atom. The predicted molar refractivity (Wildman–Crippen MR) is 100.0 cm³/mol. The van der Waals surface area contributed by atoms with Crippen LogP contribution in [0.2, 0.25) is 0 Å². The first-order valence-corrected chi connectivity index (χ1v) is 9.42. The Bertz CT molecular complexity index is 727. The van der Waals surface area contributed by atoms with Crippen LogP contribution in [0.1, 0.15) is 42.5 Å². The van der Waals surface area contributed by atoms with Gasteiger partial charge in [0, 0.05) is 45.6 Å². The highest BCUT2D eigenvalue weighted by molar-refractivity contribution is 5.85. The fourth-order valence-electron chi connectivity index (χ4n) is 4.38. The fourth-order valence-corrected chi connectivity index (χ4v) is 4.38. The molecular formula is C20H28N4O2. The van der Waals surface area contributed by atoms with Crippen LogP contribution < -0.4 is 4.90 Å². The van der Waals surface area contributed by atoms with Crippen molar-refractivity contribution in [1.29, 1.82) is 5.26 Å². The number of pyridine rings is 1. The second-order valence-electron chi connectivity index (χ2n) is 7.58. The lowest BCUT2D eigenvalue weighted by Gasteiger charge is -2.39. The van der Waals surface area contributed by atoms with Crippen molar-refractivity contribution in [1.82, 2.24) is 9.88 Å². The number of ether oxygens (including phenoxy) is 1. The van der Waals surface area contributed by atoms with E-state index >= 15 is 0 Å². The molecule has 2 aliphatic rings. The molecule has 6 nitrogen and oxygen atoms in total. The Balaban J connectivity index is 1.79. The highest BCUT2D eigenvalue weighted by Crippen LogP contribution is 2.42. The van der Waals surface area contributed by atoms with Crippen LogP contribution in [0.3, 0.4) is 0 Å². The summed E-state index contributed by atoms with van der Waals surface area (Å²) in [5.74, 6) is 1.01. The van der Waals surface area contributed by atoms with Gasteiger partial charge in [0.05, 0.1) is 11.0 Å². The molecule has 1 aromatic heterocycles. The van der Waals surface area contributed by atoms with Gasteiger partial charge in [-0.05, 0) is 51.2 Å². The minimum absolute atomic E-state index is 0.269. The zero-order chi connectivity index (χ0) is 18.7. The van der Waals surface area contributed by atoms with Crippen LogP contribution in [0, 0.1) is 30.6 Å². The number of aromatic nitrogens is 1. The lowest BCUT2D eigenvalue weighted by molar-refractivity contribution is -0.145. The Hall–Kier alpha value is -2.13. The van der Waals surface area contributed by atoms with Crippen molar-refractivity contribution in [2.75, 3.05) is 44.8 Å². The minimum atomic E-state index is -0.322. The summed E-state index contributed by atoms with van der Waals surface area (Å²) in [5, 5.41) is 9.56. The summed E-state index contributed by atoms with van der Waals surface area (Å²) in [7, 11) is 1.69. The number of amides is 1. The van der Waals surface area contributed by atoms with Crippen LogP contribution in [0.25, 0.3) is 0 Å². The van der Waals surface area contributed by atoms with Gasteiger partial charge in [0.1, 0.15) is 11.9 Å². The maximum absolute atomic E-state index is 13.2. The quantitative estimate of drug-likeness (QED) is 0.758. The van der Waals surface area contributed by atoms with E-state index in [9.17, 15) is 10.1 Å². The number of nitrogens with zero attached hydrogens (tertiary/aromatic N) is 4. The van der Waals surface area contributed by atoms with Crippen molar-refractivity contribution in [2.45, 2.75) is 39.5 Å². The van der Waals surface area contributed by atoms with Gasteiger partial charge in [0.15, 0.2) is 0 Å². The number of rotatable bonds is 5. The van der Waals surface area contributed by atoms with E-state index in [1.54, 1.807) is 7.11 Å². The van der Waals surface area contributed by atoms with Gasteiger partial charge in [0.25, 0.3) is 0 Å². The third kappa shape index (κ3) is 3.41.